The maximum atomic E-state index is 5.81. The van der Waals surface area contributed by atoms with Crippen LogP contribution in [-0.4, -0.2) is 19.9 Å². The molecule has 1 atom stereocenters. The fraction of sp³-hybridized carbons (Fsp3) is 0.444. The maximum Gasteiger partial charge on any atom is 0.213 e. The molecule has 14 heavy (non-hydrogen) atoms. The first-order valence-electron chi connectivity index (χ1n) is 4.09. The van der Waals surface area contributed by atoms with Gasteiger partial charge in [0.15, 0.2) is 0 Å². The quantitative estimate of drug-likeness (QED) is 0.387. The van der Waals surface area contributed by atoms with Crippen LogP contribution in [-0.2, 0) is 9.57 Å². The number of methoxy groups -OCH3 is 1. The molecule has 0 rings (SSSR count). The van der Waals surface area contributed by atoms with Crippen LogP contribution in [0.1, 0.15) is 13.8 Å². The van der Waals surface area contributed by atoms with Crippen molar-refractivity contribution in [3.63, 3.8) is 0 Å². The van der Waals surface area contributed by atoms with Crippen molar-refractivity contribution in [1.29, 1.82) is 0 Å². The maximum absolute atomic E-state index is 5.81. The van der Waals surface area contributed by atoms with Gasteiger partial charge >= 0.3 is 0 Å². The highest BCUT2D eigenvalue weighted by Crippen LogP contribution is 2.11. The Hall–Kier alpha value is -1.33. The van der Waals surface area contributed by atoms with Crippen LogP contribution in [0.4, 0.5) is 0 Å². The van der Waals surface area contributed by atoms with Crippen molar-refractivity contribution in [2.24, 2.45) is 16.6 Å². The molecule has 0 aromatic heterocycles. The van der Waals surface area contributed by atoms with Crippen LogP contribution >= 0.6 is 0 Å². The molecule has 0 heterocycles. The Labute approximate surface area is 84.0 Å². The Morgan fingerprint density at radius 2 is 2.07 bits per heavy atom. The van der Waals surface area contributed by atoms with Gasteiger partial charge in [-0.15, -0.1) is 0 Å². The summed E-state index contributed by atoms with van der Waals surface area (Å²) in [4.78, 5) is 8.18. The fourth-order valence-corrected chi connectivity index (χ4v) is 0.910. The van der Waals surface area contributed by atoms with Crippen molar-refractivity contribution < 1.29 is 9.57 Å². The molecule has 0 aromatic carbocycles. The Bertz CT molecular complexity index is 259. The monoisotopic (exact) mass is 199 g/mol. The van der Waals surface area contributed by atoms with Gasteiger partial charge in [0, 0.05) is 5.57 Å². The van der Waals surface area contributed by atoms with Gasteiger partial charge in [-0.2, -0.15) is 5.90 Å². The van der Waals surface area contributed by atoms with Gasteiger partial charge < -0.3 is 15.3 Å². The van der Waals surface area contributed by atoms with Crippen molar-refractivity contribution in [2.75, 3.05) is 7.11 Å². The largest absolute Gasteiger partial charge is 0.481 e. The molecule has 0 aliphatic carbocycles. The number of aliphatic imine (C=N–C) groups is 1. The van der Waals surface area contributed by atoms with Crippen LogP contribution < -0.4 is 11.6 Å². The summed E-state index contributed by atoms with van der Waals surface area (Å²) < 4.78 is 4.97. The molecule has 5 nitrogen and oxygen atoms in total. The summed E-state index contributed by atoms with van der Waals surface area (Å²) in [5.74, 6) is 5.91. The molecule has 5 heteroatoms. The molecule has 0 spiro atoms. The summed E-state index contributed by atoms with van der Waals surface area (Å²) >= 11 is 0. The zero-order valence-corrected chi connectivity index (χ0v) is 8.78. The molecule has 0 aromatic rings. The number of hydrogen-bond donors (Lipinski definition) is 2. The van der Waals surface area contributed by atoms with Crippen molar-refractivity contribution in [3.05, 3.63) is 23.3 Å². The second-order valence-electron chi connectivity index (χ2n) is 2.77. The Morgan fingerprint density at radius 1 is 1.50 bits per heavy atom. The highest BCUT2D eigenvalue weighted by molar-refractivity contribution is 5.30. The smallest absolute Gasteiger partial charge is 0.213 e. The van der Waals surface area contributed by atoms with Gasteiger partial charge in [0.05, 0.1) is 13.2 Å². The molecule has 0 saturated carbocycles. The predicted molar refractivity (Wildman–Crippen MR) is 56.3 cm³/mol. The molecular formula is C9H17N3O2. The van der Waals surface area contributed by atoms with Gasteiger partial charge in [0.1, 0.15) is 5.76 Å². The van der Waals surface area contributed by atoms with E-state index in [-0.39, 0.29) is 6.04 Å². The normalized spacial score (nSPS) is 15.6. The SMILES string of the molecule is C=N/C(OC)=C(/C)C(N)/C=C(\C)ON. The number of ether oxygens (including phenoxy) is 1. The van der Waals surface area contributed by atoms with E-state index in [0.717, 1.165) is 5.57 Å². The van der Waals surface area contributed by atoms with Gasteiger partial charge in [-0.05, 0) is 26.6 Å². The van der Waals surface area contributed by atoms with Crippen LogP contribution in [0.5, 0.6) is 0 Å². The van der Waals surface area contributed by atoms with Crippen molar-refractivity contribution in [2.45, 2.75) is 19.9 Å². The minimum atomic E-state index is -0.348. The lowest BCUT2D eigenvalue weighted by atomic mass is 10.1. The minimum absolute atomic E-state index is 0.348. The number of allylic oxidation sites excluding steroid dienone is 1. The first-order chi connectivity index (χ1) is 6.56. The molecule has 0 amide bonds. The van der Waals surface area contributed by atoms with Crippen molar-refractivity contribution in [1.82, 2.24) is 0 Å². The lowest BCUT2D eigenvalue weighted by Gasteiger charge is -2.11. The van der Waals surface area contributed by atoms with Crippen molar-refractivity contribution in [3.8, 4) is 0 Å². The Kier molecular flexibility index (Phi) is 5.59. The third-order valence-electron chi connectivity index (χ3n) is 1.77. The standard InChI is InChI=1S/C9H17N3O2/c1-6(14-11)5-8(10)7(2)9(12-3)13-4/h5,8H,3,10-11H2,1-2,4H3/b6-5+,9-7+. The fourth-order valence-electron chi connectivity index (χ4n) is 0.910. The van der Waals surface area contributed by atoms with E-state index in [1.165, 1.54) is 7.11 Å². The van der Waals surface area contributed by atoms with E-state index in [2.05, 4.69) is 16.5 Å². The van der Waals surface area contributed by atoms with E-state index in [1.54, 1.807) is 19.9 Å². The van der Waals surface area contributed by atoms with Gasteiger partial charge in [-0.1, -0.05) is 0 Å². The second-order valence-corrected chi connectivity index (χ2v) is 2.77. The zero-order valence-electron chi connectivity index (χ0n) is 8.78. The molecular weight excluding hydrogens is 182 g/mol. The van der Waals surface area contributed by atoms with Gasteiger partial charge in [0.2, 0.25) is 5.88 Å². The molecule has 1 unspecified atom stereocenters. The minimum Gasteiger partial charge on any atom is -0.481 e. The molecule has 0 aliphatic rings. The third kappa shape index (κ3) is 3.59. The zero-order chi connectivity index (χ0) is 11.1. The van der Waals surface area contributed by atoms with E-state index in [9.17, 15) is 0 Å². The highest BCUT2D eigenvalue weighted by Gasteiger charge is 2.08. The first-order valence-corrected chi connectivity index (χ1v) is 4.09. The number of rotatable bonds is 5. The molecule has 0 radical (unpaired) electrons. The number of nitrogens with two attached hydrogens (primary N) is 2. The summed E-state index contributed by atoms with van der Waals surface area (Å²) in [7, 11) is 1.51. The molecule has 0 bridgehead atoms. The molecule has 0 aliphatic heterocycles. The summed E-state index contributed by atoms with van der Waals surface area (Å²) in [6.07, 6.45) is 1.67. The summed E-state index contributed by atoms with van der Waals surface area (Å²) in [5.41, 5.74) is 6.57. The lowest BCUT2D eigenvalue weighted by Crippen LogP contribution is -2.21. The number of hydrogen-bond acceptors (Lipinski definition) is 5. The average molecular weight is 199 g/mol. The average Bonchev–Trinajstić information content (AvgIpc) is 2.19. The first kappa shape index (κ1) is 12.7. The third-order valence-corrected chi connectivity index (χ3v) is 1.77. The van der Waals surface area contributed by atoms with E-state index in [4.69, 9.17) is 16.4 Å². The van der Waals surface area contributed by atoms with Crippen LogP contribution in [0.25, 0.3) is 0 Å². The molecule has 4 N–H and O–H groups in total. The Balaban J connectivity index is 4.76. The van der Waals surface area contributed by atoms with Crippen LogP contribution in [0, 0.1) is 0 Å². The molecule has 0 fully saturated rings. The second kappa shape index (κ2) is 6.17. The predicted octanol–water partition coefficient (Wildman–Crippen LogP) is 0.686. The Morgan fingerprint density at radius 3 is 2.43 bits per heavy atom. The van der Waals surface area contributed by atoms with Crippen LogP contribution in [0.15, 0.2) is 28.3 Å². The lowest BCUT2D eigenvalue weighted by molar-refractivity contribution is 0.221. The topological polar surface area (TPSA) is 82.9 Å². The highest BCUT2D eigenvalue weighted by atomic mass is 16.6. The summed E-state index contributed by atoms with van der Waals surface area (Å²) in [6, 6.07) is -0.348. The van der Waals surface area contributed by atoms with Gasteiger partial charge in [0.25, 0.3) is 0 Å². The molecule has 80 valence electrons. The van der Waals surface area contributed by atoms with Gasteiger partial charge in [-0.25, -0.2) is 4.99 Å². The van der Waals surface area contributed by atoms with E-state index in [1.807, 2.05) is 0 Å². The summed E-state index contributed by atoms with van der Waals surface area (Å²) in [6.45, 7) is 6.88. The summed E-state index contributed by atoms with van der Waals surface area (Å²) in [5, 5.41) is 0. The van der Waals surface area contributed by atoms with E-state index in [0.29, 0.717) is 11.6 Å². The van der Waals surface area contributed by atoms with Crippen LogP contribution in [0.3, 0.4) is 0 Å². The number of nitrogens with zero attached hydrogens (tertiary/aromatic N) is 1. The van der Waals surface area contributed by atoms with Crippen LogP contribution in [0.2, 0.25) is 0 Å². The molecule has 0 saturated heterocycles. The van der Waals surface area contributed by atoms with E-state index >= 15 is 0 Å². The van der Waals surface area contributed by atoms with E-state index < -0.39 is 0 Å². The van der Waals surface area contributed by atoms with Gasteiger partial charge in [-0.3, -0.25) is 0 Å². The van der Waals surface area contributed by atoms with Crippen molar-refractivity contribution >= 4 is 6.72 Å².